The number of nitrogens with zero attached hydrogens (tertiary/aromatic N) is 1. The highest BCUT2D eigenvalue weighted by Crippen LogP contribution is 2.16. The number of H-pyrrole nitrogens is 1. The Hall–Kier alpha value is -2.37. The fraction of sp³-hybridized carbons (Fsp3) is 0.0909. The van der Waals surface area contributed by atoms with Crippen molar-refractivity contribution in [3.8, 4) is 0 Å². The first-order chi connectivity index (χ1) is 8.16. The van der Waals surface area contributed by atoms with Crippen molar-refractivity contribution in [2.75, 3.05) is 5.32 Å². The Bertz CT molecular complexity index is 524. The molecule has 0 radical (unpaired) electrons. The van der Waals surface area contributed by atoms with E-state index in [0.717, 1.165) is 5.69 Å². The molecule has 0 aliphatic carbocycles. The van der Waals surface area contributed by atoms with Crippen LogP contribution >= 0.6 is 0 Å². The quantitative estimate of drug-likeness (QED) is 0.744. The van der Waals surface area contributed by atoms with Gasteiger partial charge in [-0.15, -0.1) is 0 Å². The van der Waals surface area contributed by atoms with Gasteiger partial charge >= 0.3 is 0 Å². The second kappa shape index (κ2) is 4.65. The molecule has 0 unspecified atom stereocenters. The minimum absolute atomic E-state index is 0.232. The van der Waals surface area contributed by atoms with Crippen LogP contribution in [-0.4, -0.2) is 16.1 Å². The summed E-state index contributed by atoms with van der Waals surface area (Å²) < 4.78 is 13.4. The van der Waals surface area contributed by atoms with Crippen LogP contribution in [0.1, 0.15) is 16.1 Å². The lowest BCUT2D eigenvalue weighted by Crippen LogP contribution is -2.12. The second-order valence-corrected chi connectivity index (χ2v) is 3.49. The van der Waals surface area contributed by atoms with Crippen molar-refractivity contribution in [2.45, 2.75) is 6.54 Å². The Morgan fingerprint density at radius 3 is 2.94 bits per heavy atom. The summed E-state index contributed by atoms with van der Waals surface area (Å²) in [7, 11) is 0. The molecule has 1 aromatic carbocycles. The minimum Gasteiger partial charge on any atom is -0.377 e. The Morgan fingerprint density at radius 1 is 1.47 bits per heavy atom. The van der Waals surface area contributed by atoms with Gasteiger partial charge in [-0.1, -0.05) is 0 Å². The van der Waals surface area contributed by atoms with Crippen LogP contribution in [0.5, 0.6) is 0 Å². The molecule has 1 amide bonds. The standard InChI is InChI=1S/C11H11FN4O/c12-9-2-1-7(11(13)17)5-10(9)14-6-8-3-4-15-16-8/h1-5,14H,6H2,(H2,13,17)(H,15,16). The largest absolute Gasteiger partial charge is 0.377 e. The highest BCUT2D eigenvalue weighted by Gasteiger charge is 2.06. The molecule has 1 heterocycles. The molecule has 0 saturated heterocycles. The number of aromatic nitrogens is 2. The zero-order valence-corrected chi connectivity index (χ0v) is 8.90. The van der Waals surface area contributed by atoms with E-state index < -0.39 is 11.7 Å². The summed E-state index contributed by atoms with van der Waals surface area (Å²) in [4.78, 5) is 11.0. The van der Waals surface area contributed by atoms with E-state index in [1.807, 2.05) is 0 Å². The number of aromatic amines is 1. The number of primary amides is 1. The minimum atomic E-state index is -0.588. The lowest BCUT2D eigenvalue weighted by molar-refractivity contribution is 0.100. The highest BCUT2D eigenvalue weighted by atomic mass is 19.1. The van der Waals surface area contributed by atoms with Gasteiger partial charge in [0.25, 0.3) is 0 Å². The maximum Gasteiger partial charge on any atom is 0.248 e. The molecule has 4 N–H and O–H groups in total. The van der Waals surface area contributed by atoms with E-state index in [9.17, 15) is 9.18 Å². The van der Waals surface area contributed by atoms with Crippen molar-refractivity contribution in [1.82, 2.24) is 10.2 Å². The summed E-state index contributed by atoms with van der Waals surface area (Å²) in [5, 5.41) is 9.36. The monoisotopic (exact) mass is 234 g/mol. The van der Waals surface area contributed by atoms with Crippen molar-refractivity contribution in [3.05, 3.63) is 47.5 Å². The third-order valence-corrected chi connectivity index (χ3v) is 2.28. The van der Waals surface area contributed by atoms with Gasteiger partial charge in [0.05, 0.1) is 17.9 Å². The summed E-state index contributed by atoms with van der Waals surface area (Å²) in [6.07, 6.45) is 1.60. The van der Waals surface area contributed by atoms with Gasteiger partial charge in [-0.3, -0.25) is 9.89 Å². The molecule has 2 aromatic rings. The van der Waals surface area contributed by atoms with Gasteiger partial charge in [0, 0.05) is 11.8 Å². The number of nitrogens with one attached hydrogen (secondary N) is 2. The Balaban J connectivity index is 2.14. The van der Waals surface area contributed by atoms with E-state index in [4.69, 9.17) is 5.73 Å². The number of benzene rings is 1. The zero-order valence-electron chi connectivity index (χ0n) is 8.90. The molecule has 0 aliphatic heterocycles. The molecule has 0 bridgehead atoms. The molecule has 0 aliphatic rings. The molecular formula is C11H11FN4O. The summed E-state index contributed by atoms with van der Waals surface area (Å²) in [6, 6.07) is 5.70. The second-order valence-electron chi connectivity index (χ2n) is 3.49. The van der Waals surface area contributed by atoms with Crippen molar-refractivity contribution < 1.29 is 9.18 Å². The lowest BCUT2D eigenvalue weighted by atomic mass is 10.2. The number of nitrogens with two attached hydrogens (primary N) is 1. The zero-order chi connectivity index (χ0) is 12.3. The van der Waals surface area contributed by atoms with Gasteiger partial charge in [0.15, 0.2) is 0 Å². The maximum atomic E-state index is 13.4. The maximum absolute atomic E-state index is 13.4. The third-order valence-electron chi connectivity index (χ3n) is 2.28. The van der Waals surface area contributed by atoms with E-state index in [0.29, 0.717) is 6.54 Å². The molecule has 0 atom stereocenters. The molecule has 0 spiro atoms. The smallest absolute Gasteiger partial charge is 0.248 e. The van der Waals surface area contributed by atoms with Crippen LogP contribution in [0.25, 0.3) is 0 Å². The Kier molecular flexibility index (Phi) is 3.04. The highest BCUT2D eigenvalue weighted by molar-refractivity contribution is 5.93. The third kappa shape index (κ3) is 2.60. The van der Waals surface area contributed by atoms with Crippen molar-refractivity contribution >= 4 is 11.6 Å². The van der Waals surface area contributed by atoms with Gasteiger partial charge < -0.3 is 11.1 Å². The fourth-order valence-electron chi connectivity index (χ4n) is 1.39. The number of carbonyl (C=O) groups is 1. The number of hydrogen-bond acceptors (Lipinski definition) is 3. The summed E-state index contributed by atoms with van der Waals surface area (Å²) in [5.74, 6) is -1.02. The molecule has 5 nitrogen and oxygen atoms in total. The molecular weight excluding hydrogens is 223 g/mol. The van der Waals surface area contributed by atoms with Crippen LogP contribution in [0, 0.1) is 5.82 Å². The molecule has 2 rings (SSSR count). The predicted molar refractivity (Wildman–Crippen MR) is 60.8 cm³/mol. The van der Waals surface area contributed by atoms with Gasteiger partial charge in [-0.25, -0.2) is 4.39 Å². The lowest BCUT2D eigenvalue weighted by Gasteiger charge is -2.07. The summed E-state index contributed by atoms with van der Waals surface area (Å²) in [6.45, 7) is 0.388. The average Bonchev–Trinajstić information content (AvgIpc) is 2.80. The van der Waals surface area contributed by atoms with E-state index in [1.165, 1.54) is 18.2 Å². The van der Waals surface area contributed by atoms with Crippen LogP contribution in [0.15, 0.2) is 30.5 Å². The molecule has 17 heavy (non-hydrogen) atoms. The van der Waals surface area contributed by atoms with Crippen molar-refractivity contribution in [3.63, 3.8) is 0 Å². The van der Waals surface area contributed by atoms with Crippen LogP contribution in [0.2, 0.25) is 0 Å². The van der Waals surface area contributed by atoms with Gasteiger partial charge in [-0.05, 0) is 24.3 Å². The molecule has 1 aromatic heterocycles. The first kappa shape index (κ1) is 11.1. The van der Waals surface area contributed by atoms with Crippen LogP contribution in [-0.2, 0) is 6.54 Å². The normalized spacial score (nSPS) is 10.2. The van der Waals surface area contributed by atoms with E-state index in [-0.39, 0.29) is 11.3 Å². The molecule has 0 fully saturated rings. The van der Waals surface area contributed by atoms with Crippen LogP contribution in [0.3, 0.4) is 0 Å². The first-order valence-electron chi connectivity index (χ1n) is 4.98. The number of halogens is 1. The van der Waals surface area contributed by atoms with Gasteiger partial charge in [0.1, 0.15) is 5.82 Å². The van der Waals surface area contributed by atoms with Crippen LogP contribution < -0.4 is 11.1 Å². The van der Waals surface area contributed by atoms with Gasteiger partial charge in [-0.2, -0.15) is 5.10 Å². The number of amides is 1. The van der Waals surface area contributed by atoms with Gasteiger partial charge in [0.2, 0.25) is 5.91 Å². The van der Waals surface area contributed by atoms with Crippen molar-refractivity contribution in [1.29, 1.82) is 0 Å². The molecule has 0 saturated carbocycles. The van der Waals surface area contributed by atoms with E-state index in [2.05, 4.69) is 15.5 Å². The van der Waals surface area contributed by atoms with E-state index in [1.54, 1.807) is 12.3 Å². The molecule has 88 valence electrons. The Morgan fingerprint density at radius 2 is 2.29 bits per heavy atom. The number of carbonyl (C=O) groups excluding carboxylic acids is 1. The van der Waals surface area contributed by atoms with Crippen LogP contribution in [0.4, 0.5) is 10.1 Å². The topological polar surface area (TPSA) is 83.8 Å². The number of rotatable bonds is 4. The number of hydrogen-bond donors (Lipinski definition) is 3. The SMILES string of the molecule is NC(=O)c1ccc(F)c(NCc2ccn[nH]2)c1. The number of anilines is 1. The van der Waals surface area contributed by atoms with Crippen molar-refractivity contribution in [2.24, 2.45) is 5.73 Å². The molecule has 6 heteroatoms. The summed E-state index contributed by atoms with van der Waals surface area (Å²) >= 11 is 0. The first-order valence-corrected chi connectivity index (χ1v) is 4.98. The fourth-order valence-corrected chi connectivity index (χ4v) is 1.39. The Labute approximate surface area is 96.8 Å². The van der Waals surface area contributed by atoms with E-state index >= 15 is 0 Å². The average molecular weight is 234 g/mol. The predicted octanol–water partition coefficient (Wildman–Crippen LogP) is 1.26. The summed E-state index contributed by atoms with van der Waals surface area (Å²) in [5.41, 5.74) is 6.43.